The highest BCUT2D eigenvalue weighted by Crippen LogP contribution is 2.15. The van der Waals surface area contributed by atoms with Crippen LogP contribution in [0.5, 0.6) is 0 Å². The van der Waals surface area contributed by atoms with E-state index in [2.05, 4.69) is 10.1 Å². The van der Waals surface area contributed by atoms with Crippen molar-refractivity contribution >= 4 is 17.1 Å². The van der Waals surface area contributed by atoms with Gasteiger partial charge in [0.15, 0.2) is 0 Å². The highest BCUT2D eigenvalue weighted by molar-refractivity contribution is 6.30. The van der Waals surface area contributed by atoms with E-state index >= 15 is 0 Å². The van der Waals surface area contributed by atoms with Crippen molar-refractivity contribution in [2.45, 2.75) is 13.8 Å². The van der Waals surface area contributed by atoms with E-state index in [4.69, 9.17) is 11.6 Å². The summed E-state index contributed by atoms with van der Waals surface area (Å²) in [4.78, 5) is 14.1. The molecule has 0 spiro atoms. The summed E-state index contributed by atoms with van der Waals surface area (Å²) in [6.45, 7) is 3.54. The Kier molecular flexibility index (Phi) is 1.66. The fourth-order valence-electron chi connectivity index (χ4n) is 1.35. The highest BCUT2D eigenvalue weighted by atomic mass is 35.5. The predicted molar refractivity (Wildman–Crippen MR) is 50.3 cm³/mol. The third-order valence-electron chi connectivity index (χ3n) is 1.88. The summed E-state index contributed by atoms with van der Waals surface area (Å²) in [5.74, 6) is 0.551. The molecule has 13 heavy (non-hydrogen) atoms. The zero-order chi connectivity index (χ0) is 9.59. The first-order valence-corrected chi connectivity index (χ1v) is 4.22. The Balaban J connectivity index is 3.06. The van der Waals surface area contributed by atoms with E-state index in [1.165, 1.54) is 4.52 Å². The molecule has 4 nitrogen and oxygen atoms in total. The Hall–Kier alpha value is -1.29. The second kappa shape index (κ2) is 2.60. The molecule has 2 heterocycles. The van der Waals surface area contributed by atoms with Crippen LogP contribution in [0.3, 0.4) is 0 Å². The van der Waals surface area contributed by atoms with E-state index in [0.717, 1.165) is 5.56 Å². The van der Waals surface area contributed by atoms with Gasteiger partial charge in [-0.2, -0.15) is 5.10 Å². The van der Waals surface area contributed by atoms with E-state index in [1.807, 2.05) is 6.92 Å². The van der Waals surface area contributed by atoms with Crippen molar-refractivity contribution in [3.05, 3.63) is 33.0 Å². The Labute approximate surface area is 79.2 Å². The van der Waals surface area contributed by atoms with E-state index < -0.39 is 0 Å². The summed E-state index contributed by atoms with van der Waals surface area (Å²) >= 11 is 5.87. The molecule has 0 unspecified atom stereocenters. The Morgan fingerprint density at radius 3 is 2.92 bits per heavy atom. The standard InChI is InChI=1S/C8H8ClN3O/c1-4-3-6(9)12-7(4)8(13)10-5(2)11-12/h3H,1-2H3,(H,10,11,13). The molecular formula is C8H8ClN3O. The molecular weight excluding hydrogens is 190 g/mol. The van der Waals surface area contributed by atoms with Crippen molar-refractivity contribution in [3.8, 4) is 0 Å². The lowest BCUT2D eigenvalue weighted by Crippen LogP contribution is -2.14. The van der Waals surface area contributed by atoms with Crippen LogP contribution >= 0.6 is 11.6 Å². The van der Waals surface area contributed by atoms with Crippen LogP contribution in [-0.4, -0.2) is 14.6 Å². The predicted octanol–water partition coefficient (Wildman–Crippen LogP) is 1.29. The van der Waals surface area contributed by atoms with Crippen molar-refractivity contribution in [2.24, 2.45) is 0 Å². The second-order valence-corrected chi connectivity index (χ2v) is 3.34. The number of aromatic nitrogens is 3. The van der Waals surface area contributed by atoms with Gasteiger partial charge in [-0.25, -0.2) is 4.52 Å². The largest absolute Gasteiger partial charge is 0.307 e. The maximum atomic E-state index is 11.5. The number of hydrogen-bond acceptors (Lipinski definition) is 2. The minimum absolute atomic E-state index is 0.156. The Morgan fingerprint density at radius 2 is 2.23 bits per heavy atom. The van der Waals surface area contributed by atoms with Crippen LogP contribution in [0.15, 0.2) is 10.9 Å². The monoisotopic (exact) mass is 197 g/mol. The van der Waals surface area contributed by atoms with E-state index in [0.29, 0.717) is 16.5 Å². The summed E-state index contributed by atoms with van der Waals surface area (Å²) in [6.07, 6.45) is 0. The third kappa shape index (κ3) is 1.14. The van der Waals surface area contributed by atoms with Crippen molar-refractivity contribution in [3.63, 3.8) is 0 Å². The Morgan fingerprint density at radius 1 is 1.54 bits per heavy atom. The van der Waals surface area contributed by atoms with Gasteiger partial charge in [-0.05, 0) is 25.5 Å². The fraction of sp³-hybridized carbons (Fsp3) is 0.250. The molecule has 0 amide bonds. The normalized spacial score (nSPS) is 11.0. The zero-order valence-corrected chi connectivity index (χ0v) is 8.01. The fourth-order valence-corrected chi connectivity index (χ4v) is 1.64. The molecule has 0 aliphatic carbocycles. The van der Waals surface area contributed by atoms with Crippen molar-refractivity contribution < 1.29 is 0 Å². The van der Waals surface area contributed by atoms with Gasteiger partial charge in [0.05, 0.1) is 0 Å². The molecule has 5 heteroatoms. The van der Waals surface area contributed by atoms with Crippen LogP contribution in [0.2, 0.25) is 5.15 Å². The molecule has 68 valence electrons. The minimum Gasteiger partial charge on any atom is -0.307 e. The van der Waals surface area contributed by atoms with Crippen molar-refractivity contribution in [2.75, 3.05) is 0 Å². The maximum absolute atomic E-state index is 11.5. The molecule has 1 N–H and O–H groups in total. The number of fused-ring (bicyclic) bond motifs is 1. The summed E-state index contributed by atoms with van der Waals surface area (Å²) in [5.41, 5.74) is 1.19. The van der Waals surface area contributed by atoms with Gasteiger partial charge in [0.2, 0.25) is 0 Å². The third-order valence-corrected chi connectivity index (χ3v) is 2.15. The van der Waals surface area contributed by atoms with Crippen molar-refractivity contribution in [1.29, 1.82) is 0 Å². The molecule has 0 saturated heterocycles. The molecule has 0 aliphatic heterocycles. The molecule has 2 aromatic rings. The smallest absolute Gasteiger partial charge is 0.275 e. The molecule has 0 aliphatic rings. The van der Waals surface area contributed by atoms with Crippen LogP contribution in [0.1, 0.15) is 11.4 Å². The number of H-pyrrole nitrogens is 1. The topological polar surface area (TPSA) is 50.2 Å². The highest BCUT2D eigenvalue weighted by Gasteiger charge is 2.08. The first kappa shape index (κ1) is 8.31. The average Bonchev–Trinajstić information content (AvgIpc) is 2.27. The van der Waals surface area contributed by atoms with Crippen LogP contribution in [0.25, 0.3) is 5.52 Å². The maximum Gasteiger partial charge on any atom is 0.275 e. The zero-order valence-electron chi connectivity index (χ0n) is 7.26. The first-order valence-electron chi connectivity index (χ1n) is 3.84. The second-order valence-electron chi connectivity index (χ2n) is 2.95. The van der Waals surface area contributed by atoms with Crippen LogP contribution < -0.4 is 5.56 Å². The number of halogens is 1. The molecule has 0 aromatic carbocycles. The van der Waals surface area contributed by atoms with Gasteiger partial charge in [-0.15, -0.1) is 0 Å². The number of rotatable bonds is 0. The van der Waals surface area contributed by atoms with Gasteiger partial charge in [0.1, 0.15) is 16.5 Å². The molecule has 0 fully saturated rings. The van der Waals surface area contributed by atoms with Gasteiger partial charge in [0, 0.05) is 0 Å². The molecule has 0 saturated carbocycles. The quantitative estimate of drug-likeness (QED) is 0.692. The number of aryl methyl sites for hydroxylation is 2. The lowest BCUT2D eigenvalue weighted by Gasteiger charge is -1.96. The van der Waals surface area contributed by atoms with Gasteiger partial charge in [-0.3, -0.25) is 4.79 Å². The Bertz CT molecular complexity index is 526. The summed E-state index contributed by atoms with van der Waals surface area (Å²) in [6, 6.07) is 1.72. The lowest BCUT2D eigenvalue weighted by atomic mass is 10.3. The SMILES string of the molecule is Cc1nn2c(Cl)cc(C)c2c(=O)[nH]1. The van der Waals surface area contributed by atoms with Gasteiger partial charge in [-0.1, -0.05) is 11.6 Å². The van der Waals surface area contributed by atoms with Crippen LogP contribution in [0.4, 0.5) is 0 Å². The van der Waals surface area contributed by atoms with E-state index in [9.17, 15) is 4.79 Å². The summed E-state index contributed by atoms with van der Waals surface area (Å²) < 4.78 is 1.45. The number of nitrogens with one attached hydrogen (secondary N) is 1. The molecule has 0 atom stereocenters. The lowest BCUT2D eigenvalue weighted by molar-refractivity contribution is 0.842. The number of hydrogen-bond donors (Lipinski definition) is 1. The molecule has 2 rings (SSSR count). The van der Waals surface area contributed by atoms with Gasteiger partial charge in [0.25, 0.3) is 5.56 Å². The summed E-state index contributed by atoms with van der Waals surface area (Å²) in [5, 5.41) is 4.55. The minimum atomic E-state index is -0.156. The number of nitrogens with zero attached hydrogens (tertiary/aromatic N) is 2. The number of aromatic amines is 1. The summed E-state index contributed by atoms with van der Waals surface area (Å²) in [7, 11) is 0. The van der Waals surface area contributed by atoms with Crippen molar-refractivity contribution in [1.82, 2.24) is 14.6 Å². The molecule has 2 aromatic heterocycles. The molecule has 0 radical (unpaired) electrons. The van der Waals surface area contributed by atoms with Crippen LogP contribution in [-0.2, 0) is 0 Å². The van der Waals surface area contributed by atoms with E-state index in [-0.39, 0.29) is 5.56 Å². The van der Waals surface area contributed by atoms with E-state index in [1.54, 1.807) is 13.0 Å². The van der Waals surface area contributed by atoms with Gasteiger partial charge >= 0.3 is 0 Å². The molecule has 0 bridgehead atoms. The first-order chi connectivity index (χ1) is 6.09. The van der Waals surface area contributed by atoms with Crippen LogP contribution in [0, 0.1) is 13.8 Å². The average molecular weight is 198 g/mol. The van der Waals surface area contributed by atoms with Gasteiger partial charge < -0.3 is 4.98 Å².